The monoisotopic (exact) mass is 532 g/mol. The maximum atomic E-state index is 15.1. The largest absolute Gasteiger partial charge is 0.481 e. The van der Waals surface area contributed by atoms with Crippen LogP contribution < -0.4 is 15.0 Å². The number of aromatic nitrogens is 1. The van der Waals surface area contributed by atoms with Gasteiger partial charge >= 0.3 is 12.3 Å². The minimum atomic E-state index is -4.22. The Morgan fingerprint density at radius 1 is 1.16 bits per heavy atom. The van der Waals surface area contributed by atoms with E-state index >= 15 is 4.39 Å². The fraction of sp³-hybridized carbons (Fsp3) is 0.720. The Labute approximate surface area is 214 Å². The molecule has 0 unspecified atom stereocenters. The molecule has 0 bridgehead atoms. The summed E-state index contributed by atoms with van der Waals surface area (Å²) in [6, 6.07) is 0.229. The molecule has 1 N–H and O–H groups in total. The third kappa shape index (κ3) is 7.16. The van der Waals surface area contributed by atoms with Crippen LogP contribution in [0.25, 0.3) is 0 Å². The highest BCUT2D eigenvalue weighted by Gasteiger charge is 2.42. The van der Waals surface area contributed by atoms with Crippen molar-refractivity contribution < 1.29 is 36.6 Å². The number of alkyl halides is 3. The Hall–Kier alpha value is -2.79. The van der Waals surface area contributed by atoms with Crippen molar-refractivity contribution in [3.8, 4) is 5.88 Å². The number of carbonyl (C=O) groups is 2. The van der Waals surface area contributed by atoms with Crippen LogP contribution in [0.15, 0.2) is 6.07 Å². The third-order valence-corrected chi connectivity index (χ3v) is 6.87. The lowest BCUT2D eigenvalue weighted by molar-refractivity contribution is -0.182. The molecule has 1 saturated carbocycles. The Morgan fingerprint density at radius 2 is 1.81 bits per heavy atom. The second-order valence-electron chi connectivity index (χ2n) is 10.7. The summed E-state index contributed by atoms with van der Waals surface area (Å²) in [5.74, 6) is -2.31. The lowest BCUT2D eigenvalue weighted by atomic mass is 9.85. The van der Waals surface area contributed by atoms with Gasteiger partial charge in [-0.05, 0) is 65.4 Å². The number of carbonyl (C=O) groups excluding carboxylic acids is 2. The molecule has 1 aromatic heterocycles. The molecular weight excluding hydrogens is 496 g/mol. The number of ether oxygens (including phenoxy) is 2. The van der Waals surface area contributed by atoms with Crippen LogP contribution in [0.5, 0.6) is 5.88 Å². The second kappa shape index (κ2) is 11.3. The molecule has 0 spiro atoms. The van der Waals surface area contributed by atoms with Gasteiger partial charge in [-0.25, -0.2) is 9.18 Å². The van der Waals surface area contributed by atoms with Crippen molar-refractivity contribution in [1.82, 2.24) is 15.2 Å². The van der Waals surface area contributed by atoms with Gasteiger partial charge in [-0.2, -0.15) is 18.2 Å². The first-order valence-corrected chi connectivity index (χ1v) is 12.5. The first kappa shape index (κ1) is 28.8. The van der Waals surface area contributed by atoms with Crippen molar-refractivity contribution in [3.63, 3.8) is 0 Å². The average molecular weight is 533 g/mol. The maximum Gasteiger partial charge on any atom is 0.410 e. The molecule has 1 atom stereocenters. The molecule has 1 aromatic rings. The van der Waals surface area contributed by atoms with Crippen molar-refractivity contribution >= 4 is 17.8 Å². The van der Waals surface area contributed by atoms with Gasteiger partial charge in [0, 0.05) is 31.7 Å². The molecule has 8 nitrogen and oxygen atoms in total. The van der Waals surface area contributed by atoms with E-state index in [4.69, 9.17) is 9.47 Å². The fourth-order valence-electron chi connectivity index (χ4n) is 4.89. The topological polar surface area (TPSA) is 84.0 Å². The van der Waals surface area contributed by atoms with Crippen LogP contribution >= 0.6 is 0 Å². The second-order valence-corrected chi connectivity index (χ2v) is 10.7. The van der Waals surface area contributed by atoms with E-state index in [0.717, 1.165) is 0 Å². The van der Waals surface area contributed by atoms with Crippen LogP contribution in [0.1, 0.15) is 64.9 Å². The van der Waals surface area contributed by atoms with Crippen molar-refractivity contribution in [1.29, 1.82) is 0 Å². The predicted octanol–water partition coefficient (Wildman–Crippen LogP) is 4.80. The highest BCUT2D eigenvalue weighted by Crippen LogP contribution is 2.39. The molecule has 37 heavy (non-hydrogen) atoms. The van der Waals surface area contributed by atoms with Crippen LogP contribution in [0.3, 0.4) is 0 Å². The van der Waals surface area contributed by atoms with Gasteiger partial charge in [0.2, 0.25) is 11.8 Å². The number of nitrogens with one attached hydrogen (secondary N) is 1. The van der Waals surface area contributed by atoms with E-state index in [-0.39, 0.29) is 50.0 Å². The maximum absolute atomic E-state index is 15.1. The van der Waals surface area contributed by atoms with E-state index in [1.165, 1.54) is 18.1 Å². The number of nitrogens with zero attached hydrogens (tertiary/aromatic N) is 3. The van der Waals surface area contributed by atoms with E-state index < -0.39 is 41.6 Å². The number of amides is 2. The van der Waals surface area contributed by atoms with Crippen LogP contribution in [-0.2, 0) is 16.1 Å². The highest BCUT2D eigenvalue weighted by atomic mass is 19.4. The molecule has 2 aliphatic rings. The lowest BCUT2D eigenvalue weighted by Crippen LogP contribution is -2.47. The summed E-state index contributed by atoms with van der Waals surface area (Å²) in [7, 11) is 2.97. The molecule has 208 valence electrons. The number of anilines is 1. The van der Waals surface area contributed by atoms with Crippen LogP contribution in [0.4, 0.5) is 28.2 Å². The highest BCUT2D eigenvalue weighted by molar-refractivity contribution is 5.86. The molecule has 2 amide bonds. The summed E-state index contributed by atoms with van der Waals surface area (Å²) in [5, 5.41) is 2.73. The summed E-state index contributed by atoms with van der Waals surface area (Å²) in [5.41, 5.74) is -0.391. The van der Waals surface area contributed by atoms with E-state index in [1.807, 2.05) is 0 Å². The van der Waals surface area contributed by atoms with Crippen molar-refractivity contribution in [2.45, 2.75) is 89.7 Å². The van der Waals surface area contributed by atoms with Gasteiger partial charge in [0.1, 0.15) is 11.6 Å². The minimum Gasteiger partial charge on any atom is -0.481 e. The summed E-state index contributed by atoms with van der Waals surface area (Å²) >= 11 is 0. The van der Waals surface area contributed by atoms with Gasteiger partial charge in [0.25, 0.3) is 0 Å². The Morgan fingerprint density at radius 3 is 2.38 bits per heavy atom. The van der Waals surface area contributed by atoms with Crippen LogP contribution in [0, 0.1) is 11.7 Å². The van der Waals surface area contributed by atoms with E-state index in [1.54, 1.807) is 32.7 Å². The van der Waals surface area contributed by atoms with Gasteiger partial charge < -0.3 is 19.7 Å². The molecule has 1 aliphatic carbocycles. The zero-order chi connectivity index (χ0) is 27.5. The quantitative estimate of drug-likeness (QED) is 0.530. The molecule has 12 heteroatoms. The van der Waals surface area contributed by atoms with Gasteiger partial charge in [0.05, 0.1) is 13.0 Å². The number of likely N-dealkylation sites (tertiary alicyclic amines) is 1. The van der Waals surface area contributed by atoms with Crippen molar-refractivity contribution in [3.05, 3.63) is 17.4 Å². The minimum absolute atomic E-state index is 0.0111. The number of methoxy groups -OCH3 is 1. The Kier molecular flexibility index (Phi) is 8.79. The molecule has 0 radical (unpaired) electrons. The van der Waals surface area contributed by atoms with Crippen molar-refractivity contribution in [2.24, 2.45) is 5.92 Å². The summed E-state index contributed by atoms with van der Waals surface area (Å²) in [4.78, 5) is 32.6. The Bertz CT molecular complexity index is 975. The van der Waals surface area contributed by atoms with Gasteiger partial charge in [0.15, 0.2) is 11.6 Å². The van der Waals surface area contributed by atoms with Gasteiger partial charge in [-0.15, -0.1) is 0 Å². The number of halogens is 4. The van der Waals surface area contributed by atoms with Gasteiger partial charge in [-0.1, -0.05) is 0 Å². The number of hydrogen-bond donors (Lipinski definition) is 1. The fourth-order valence-corrected chi connectivity index (χ4v) is 4.89. The van der Waals surface area contributed by atoms with Gasteiger partial charge in [-0.3, -0.25) is 9.69 Å². The third-order valence-electron chi connectivity index (χ3n) is 6.87. The zero-order valence-corrected chi connectivity index (χ0v) is 22.0. The summed E-state index contributed by atoms with van der Waals surface area (Å²) < 4.78 is 64.8. The van der Waals surface area contributed by atoms with E-state index in [2.05, 4.69) is 10.3 Å². The molecule has 3 rings (SSSR count). The Balaban J connectivity index is 1.65. The molecule has 1 saturated heterocycles. The van der Waals surface area contributed by atoms with Crippen LogP contribution in [-0.4, -0.2) is 66.4 Å². The molecule has 1 aliphatic heterocycles. The van der Waals surface area contributed by atoms with E-state index in [9.17, 15) is 22.8 Å². The SMILES string of the molecule is COc1nc(N(C)C2CCC(C(F)(F)F)CC2)c(F)cc1CNC(=O)[C@@H]1CCCN1C(=O)OC(C)(C)C. The van der Waals surface area contributed by atoms with Crippen molar-refractivity contribution in [2.75, 3.05) is 25.6 Å². The number of pyridine rings is 1. The summed E-state index contributed by atoms with van der Waals surface area (Å²) in [6.45, 7) is 5.57. The summed E-state index contributed by atoms with van der Waals surface area (Å²) in [6.07, 6.45) is -3.12. The molecule has 2 heterocycles. The first-order valence-electron chi connectivity index (χ1n) is 12.5. The standard InChI is InChI=1S/C25H36F4N4O4/c1-24(2,3)37-23(35)33-12-6-7-19(33)21(34)30-14-15-13-18(26)20(31-22(15)36-5)32(4)17-10-8-16(9-11-17)25(27,28)29/h13,16-17,19H,6-12,14H2,1-5H3,(H,30,34)/t16?,17?,19-/m0/s1. The van der Waals surface area contributed by atoms with E-state index in [0.29, 0.717) is 24.9 Å². The molecule has 0 aromatic carbocycles. The van der Waals surface area contributed by atoms with Crippen LogP contribution in [0.2, 0.25) is 0 Å². The smallest absolute Gasteiger partial charge is 0.410 e. The normalized spacial score (nSPS) is 22.5. The average Bonchev–Trinajstić information content (AvgIpc) is 3.31. The molecule has 2 fully saturated rings. The number of hydrogen-bond acceptors (Lipinski definition) is 6. The first-order chi connectivity index (χ1) is 17.2. The zero-order valence-electron chi connectivity index (χ0n) is 22.0. The predicted molar refractivity (Wildman–Crippen MR) is 129 cm³/mol. The molecular formula is C25H36F4N4O4. The number of rotatable bonds is 6. The lowest BCUT2D eigenvalue weighted by Gasteiger charge is -2.36.